The van der Waals surface area contributed by atoms with Gasteiger partial charge in [-0.15, -0.1) is 0 Å². The summed E-state index contributed by atoms with van der Waals surface area (Å²) >= 11 is 0. The lowest BCUT2D eigenvalue weighted by Gasteiger charge is -2.34. The lowest BCUT2D eigenvalue weighted by atomic mass is 9.76. The first-order valence-electron chi connectivity index (χ1n) is 13.5. The maximum Gasteiger partial charge on any atom is 0.201 e. The van der Waals surface area contributed by atoms with Crippen molar-refractivity contribution in [2.75, 3.05) is 6.61 Å². The van der Waals surface area contributed by atoms with E-state index in [0.29, 0.717) is 11.5 Å². The molecule has 2 nitrogen and oxygen atoms in total. The second kappa shape index (κ2) is 12.9. The summed E-state index contributed by atoms with van der Waals surface area (Å²) in [5.74, 6) is 0.225. The molecule has 1 saturated carbocycles. The van der Waals surface area contributed by atoms with Gasteiger partial charge < -0.3 is 9.47 Å². The third kappa shape index (κ3) is 6.46. The summed E-state index contributed by atoms with van der Waals surface area (Å²) in [7, 11) is 0. The highest BCUT2D eigenvalue weighted by atomic mass is 19.2. The minimum Gasteiger partial charge on any atom is -0.491 e. The third-order valence-corrected chi connectivity index (χ3v) is 7.44. The Hall–Kier alpha value is -2.88. The Balaban J connectivity index is 1.53. The maximum atomic E-state index is 14.8. The number of benzene rings is 3. The second-order valence-corrected chi connectivity index (χ2v) is 9.92. The van der Waals surface area contributed by atoms with Gasteiger partial charge in [-0.1, -0.05) is 87.9 Å². The number of hydrogen-bond donors (Lipinski definition) is 0. The van der Waals surface area contributed by atoms with E-state index < -0.39 is 11.6 Å². The molecule has 1 atom stereocenters. The van der Waals surface area contributed by atoms with Crippen LogP contribution in [0.5, 0.6) is 11.5 Å². The maximum absolute atomic E-state index is 14.8. The zero-order valence-corrected chi connectivity index (χ0v) is 21.5. The van der Waals surface area contributed by atoms with E-state index in [1.165, 1.54) is 44.6 Å². The van der Waals surface area contributed by atoms with Gasteiger partial charge in [-0.2, -0.15) is 4.39 Å². The van der Waals surface area contributed by atoms with E-state index in [-0.39, 0.29) is 24.0 Å². The van der Waals surface area contributed by atoms with Crippen LogP contribution in [-0.2, 0) is 0 Å². The molecule has 3 aromatic carbocycles. The van der Waals surface area contributed by atoms with Crippen molar-refractivity contribution in [3.05, 3.63) is 83.9 Å². The molecule has 0 spiro atoms. The van der Waals surface area contributed by atoms with E-state index in [9.17, 15) is 8.78 Å². The fourth-order valence-electron chi connectivity index (χ4n) is 5.42. The molecule has 4 heteroatoms. The summed E-state index contributed by atoms with van der Waals surface area (Å²) in [6, 6.07) is 20.8. The first kappa shape index (κ1) is 26.2. The lowest BCUT2D eigenvalue weighted by Crippen LogP contribution is -2.24. The van der Waals surface area contributed by atoms with E-state index in [1.54, 1.807) is 13.0 Å². The van der Waals surface area contributed by atoms with Crippen LogP contribution < -0.4 is 9.47 Å². The molecule has 0 bridgehead atoms. The Labute approximate surface area is 214 Å². The van der Waals surface area contributed by atoms with E-state index in [4.69, 9.17) is 9.47 Å². The molecule has 0 N–H and O–H groups in total. The Bertz CT molecular complexity index is 1070. The van der Waals surface area contributed by atoms with Crippen LogP contribution in [0.4, 0.5) is 8.78 Å². The van der Waals surface area contributed by atoms with Crippen LogP contribution in [0.1, 0.15) is 76.9 Å². The van der Waals surface area contributed by atoms with Crippen molar-refractivity contribution >= 4 is 0 Å². The number of hydrogen-bond acceptors (Lipinski definition) is 2. The normalized spacial score (nSPS) is 18.6. The van der Waals surface area contributed by atoms with Crippen molar-refractivity contribution in [1.82, 2.24) is 0 Å². The Morgan fingerprint density at radius 3 is 2.19 bits per heavy atom. The van der Waals surface area contributed by atoms with E-state index in [0.717, 1.165) is 30.1 Å². The van der Waals surface area contributed by atoms with Gasteiger partial charge in [-0.05, 0) is 61.1 Å². The average Bonchev–Trinajstić information content (AvgIpc) is 2.92. The molecule has 0 saturated heterocycles. The van der Waals surface area contributed by atoms with Crippen LogP contribution in [-0.4, -0.2) is 6.61 Å². The van der Waals surface area contributed by atoms with Gasteiger partial charge in [0.2, 0.25) is 5.82 Å². The predicted octanol–water partition coefficient (Wildman–Crippen LogP) is 9.54. The smallest absolute Gasteiger partial charge is 0.201 e. The fourth-order valence-corrected chi connectivity index (χ4v) is 5.42. The van der Waals surface area contributed by atoms with Gasteiger partial charge in [0.25, 0.3) is 0 Å². The molecular formula is C32H38F2O2. The fraction of sp³-hybridized carbons (Fsp3) is 0.438. The molecule has 1 unspecified atom stereocenters. The molecule has 0 aromatic heterocycles. The van der Waals surface area contributed by atoms with Crippen LogP contribution in [0, 0.1) is 23.5 Å². The minimum atomic E-state index is -0.945. The van der Waals surface area contributed by atoms with Crippen LogP contribution in [0.3, 0.4) is 0 Å². The number of para-hydroxylation sites is 1. The highest BCUT2D eigenvalue weighted by Gasteiger charge is 2.30. The van der Waals surface area contributed by atoms with Crippen molar-refractivity contribution in [2.45, 2.75) is 71.3 Å². The largest absolute Gasteiger partial charge is 0.491 e. The molecule has 0 heterocycles. The van der Waals surface area contributed by atoms with Crippen molar-refractivity contribution in [1.29, 1.82) is 0 Å². The Kier molecular flexibility index (Phi) is 9.38. The van der Waals surface area contributed by atoms with Gasteiger partial charge in [-0.3, -0.25) is 0 Å². The number of unbranched alkanes of at least 4 members (excludes halogenated alkanes) is 2. The highest BCUT2D eigenvalue weighted by molar-refractivity contribution is 5.65. The van der Waals surface area contributed by atoms with Crippen LogP contribution in [0.25, 0.3) is 11.1 Å². The van der Waals surface area contributed by atoms with Crippen molar-refractivity contribution < 1.29 is 18.3 Å². The molecule has 0 amide bonds. The van der Waals surface area contributed by atoms with Gasteiger partial charge >= 0.3 is 0 Å². The summed E-state index contributed by atoms with van der Waals surface area (Å²) in [5, 5.41) is 0. The number of rotatable bonds is 11. The van der Waals surface area contributed by atoms with E-state index >= 15 is 0 Å². The summed E-state index contributed by atoms with van der Waals surface area (Å²) in [4.78, 5) is 0. The average molecular weight is 493 g/mol. The topological polar surface area (TPSA) is 18.5 Å². The first-order valence-corrected chi connectivity index (χ1v) is 13.5. The standard InChI is InChI=1S/C32H38F2O2/c1-3-5-7-10-23-13-15-25(16-14-23)32(36-27-11-8-6-9-12-27)26-19-17-24(18-20-26)28-21-22-29(35-4-2)31(34)30(28)33/h6,8-9,11-12,17-23,25,32H,3-5,7,10,13-16H2,1-2H3/t23-,25-,32?. The molecule has 1 aliphatic carbocycles. The summed E-state index contributed by atoms with van der Waals surface area (Å²) < 4.78 is 41.0. The predicted molar refractivity (Wildman–Crippen MR) is 142 cm³/mol. The SMILES string of the molecule is CCCCC[C@H]1CC[C@H](C(Oc2ccccc2)c2ccc(-c3ccc(OCC)c(F)c3F)cc2)CC1. The van der Waals surface area contributed by atoms with Gasteiger partial charge in [0.05, 0.1) is 6.61 Å². The molecule has 0 radical (unpaired) electrons. The quantitative estimate of drug-likeness (QED) is 0.248. The van der Waals surface area contributed by atoms with Crippen molar-refractivity contribution in [2.24, 2.45) is 11.8 Å². The third-order valence-electron chi connectivity index (χ3n) is 7.44. The molecule has 3 aromatic rings. The summed E-state index contributed by atoms with van der Waals surface area (Å²) in [5.41, 5.74) is 1.94. The lowest BCUT2D eigenvalue weighted by molar-refractivity contribution is 0.0926. The van der Waals surface area contributed by atoms with Crippen LogP contribution in [0.15, 0.2) is 66.7 Å². The molecule has 1 fully saturated rings. The molecular weight excluding hydrogens is 454 g/mol. The molecule has 1 aliphatic rings. The van der Waals surface area contributed by atoms with Crippen molar-refractivity contribution in [3.8, 4) is 22.6 Å². The van der Waals surface area contributed by atoms with Crippen molar-refractivity contribution in [3.63, 3.8) is 0 Å². The minimum absolute atomic E-state index is 0.0583. The summed E-state index contributed by atoms with van der Waals surface area (Å²) in [6.45, 7) is 4.29. The van der Waals surface area contributed by atoms with Gasteiger partial charge in [0, 0.05) is 11.5 Å². The van der Waals surface area contributed by atoms with Crippen LogP contribution >= 0.6 is 0 Å². The molecule has 36 heavy (non-hydrogen) atoms. The van der Waals surface area contributed by atoms with E-state index in [1.807, 2.05) is 54.6 Å². The number of ether oxygens (including phenoxy) is 2. The van der Waals surface area contributed by atoms with Gasteiger partial charge in [0.15, 0.2) is 11.6 Å². The zero-order valence-electron chi connectivity index (χ0n) is 21.5. The Morgan fingerprint density at radius 1 is 0.806 bits per heavy atom. The van der Waals surface area contributed by atoms with Gasteiger partial charge in [0.1, 0.15) is 11.9 Å². The zero-order chi connectivity index (χ0) is 25.3. The first-order chi connectivity index (χ1) is 17.6. The molecule has 192 valence electrons. The van der Waals surface area contributed by atoms with Gasteiger partial charge in [-0.25, -0.2) is 4.39 Å². The van der Waals surface area contributed by atoms with E-state index in [2.05, 4.69) is 6.92 Å². The Morgan fingerprint density at radius 2 is 1.53 bits per heavy atom. The monoisotopic (exact) mass is 492 g/mol. The molecule has 4 rings (SSSR count). The highest BCUT2D eigenvalue weighted by Crippen LogP contribution is 2.41. The number of halogens is 2. The summed E-state index contributed by atoms with van der Waals surface area (Å²) in [6.07, 6.45) is 9.99. The van der Waals surface area contributed by atoms with Crippen LogP contribution in [0.2, 0.25) is 0 Å². The molecule has 0 aliphatic heterocycles. The second-order valence-electron chi connectivity index (χ2n) is 9.92.